The van der Waals surface area contributed by atoms with Crippen molar-refractivity contribution in [2.75, 3.05) is 6.61 Å². The summed E-state index contributed by atoms with van der Waals surface area (Å²) in [5, 5.41) is 23.6. The topological polar surface area (TPSA) is 114 Å². The molecule has 0 aliphatic carbocycles. The van der Waals surface area contributed by atoms with Crippen molar-refractivity contribution in [3.8, 4) is 0 Å². The second-order valence-electron chi connectivity index (χ2n) is 14.4. The molecule has 2 heterocycles. The summed E-state index contributed by atoms with van der Waals surface area (Å²) in [5.74, 6) is 0. The van der Waals surface area contributed by atoms with Gasteiger partial charge in [0.15, 0.2) is 12.6 Å². The van der Waals surface area contributed by atoms with Crippen LogP contribution in [0, 0.1) is 0 Å². The number of aliphatic hydroxyl groups is 2. The van der Waals surface area contributed by atoms with Crippen LogP contribution in [0.5, 0.6) is 0 Å². The molecule has 57 heavy (non-hydrogen) atoms. The van der Waals surface area contributed by atoms with Gasteiger partial charge in [0.25, 0.3) is 0 Å². The van der Waals surface area contributed by atoms with E-state index in [-0.39, 0.29) is 33.0 Å². The highest BCUT2D eigenvalue weighted by molar-refractivity contribution is 5.17. The van der Waals surface area contributed by atoms with E-state index in [9.17, 15) is 10.2 Å². The Labute approximate surface area is 334 Å². The maximum atomic E-state index is 12.3. The molecule has 0 amide bonds. The quantitative estimate of drug-likeness (QED) is 0.0991. The SMILES string of the molecule is C[C@@H]1O[C@@H](O)[C@H](OCc2ccccc2)[C@H](OCc2ccccc2)[C@H]1O[C@H]1O[C@H](COCc2ccccc2)[C@@H](OCc2ccccc2)[C@H](O)[C@@H]1OCc1ccccc1. The lowest BCUT2D eigenvalue weighted by Gasteiger charge is -2.48. The summed E-state index contributed by atoms with van der Waals surface area (Å²) in [7, 11) is 0. The van der Waals surface area contributed by atoms with Gasteiger partial charge < -0.3 is 48.1 Å². The normalized spacial score (nSPS) is 27.6. The first kappa shape index (κ1) is 40.9. The number of rotatable bonds is 18. The summed E-state index contributed by atoms with van der Waals surface area (Å²) < 4.78 is 51.9. The third kappa shape index (κ3) is 11.4. The van der Waals surface area contributed by atoms with E-state index in [2.05, 4.69) is 0 Å². The Morgan fingerprint density at radius 3 is 1.28 bits per heavy atom. The zero-order chi connectivity index (χ0) is 39.2. The lowest BCUT2D eigenvalue weighted by atomic mass is 9.96. The zero-order valence-corrected chi connectivity index (χ0v) is 32.1. The van der Waals surface area contributed by atoms with Gasteiger partial charge in [-0.05, 0) is 34.7 Å². The predicted octanol–water partition coefficient (Wildman–Crippen LogP) is 6.75. The molecule has 5 aromatic rings. The summed E-state index contributed by atoms with van der Waals surface area (Å²) in [5.41, 5.74) is 4.72. The van der Waals surface area contributed by atoms with Crippen LogP contribution in [0.2, 0.25) is 0 Å². The van der Waals surface area contributed by atoms with Crippen LogP contribution in [0.3, 0.4) is 0 Å². The van der Waals surface area contributed by atoms with Crippen molar-refractivity contribution < 1.29 is 48.1 Å². The third-order valence-electron chi connectivity index (χ3n) is 10.2. The van der Waals surface area contributed by atoms with Gasteiger partial charge in [0.2, 0.25) is 0 Å². The van der Waals surface area contributed by atoms with Crippen molar-refractivity contribution in [1.29, 1.82) is 0 Å². The molecule has 300 valence electrons. The molecular weight excluding hydrogens is 725 g/mol. The van der Waals surface area contributed by atoms with Crippen LogP contribution in [0.1, 0.15) is 34.7 Å². The van der Waals surface area contributed by atoms with E-state index < -0.39 is 61.4 Å². The summed E-state index contributed by atoms with van der Waals surface area (Å²) in [6.45, 7) is 3.10. The number of hydrogen-bond donors (Lipinski definition) is 2. The van der Waals surface area contributed by atoms with Gasteiger partial charge in [0.1, 0.15) is 42.7 Å². The summed E-state index contributed by atoms with van der Waals surface area (Å²) in [6, 6.07) is 48.8. The van der Waals surface area contributed by atoms with E-state index in [4.69, 9.17) is 37.9 Å². The van der Waals surface area contributed by atoms with Crippen LogP contribution in [-0.4, -0.2) is 78.2 Å². The molecule has 0 spiro atoms. The van der Waals surface area contributed by atoms with Gasteiger partial charge in [-0.2, -0.15) is 0 Å². The minimum Gasteiger partial charge on any atom is -0.387 e. The van der Waals surface area contributed by atoms with Crippen molar-refractivity contribution in [2.45, 2.75) is 101 Å². The first-order valence-corrected chi connectivity index (χ1v) is 19.6. The minimum atomic E-state index is -1.30. The molecule has 0 aromatic heterocycles. The fourth-order valence-corrected chi connectivity index (χ4v) is 7.16. The Balaban J connectivity index is 1.17. The zero-order valence-electron chi connectivity index (χ0n) is 32.1. The first-order chi connectivity index (χ1) is 28.0. The fourth-order valence-electron chi connectivity index (χ4n) is 7.16. The Hall–Kier alpha value is -4.30. The van der Waals surface area contributed by atoms with Crippen LogP contribution in [-0.2, 0) is 70.9 Å². The molecule has 2 N–H and O–H groups in total. The standard InChI is InChI=1S/C47H52O10/c1-33-41(44(53-30-37-23-13-5-14-24-37)45(46(49)55-33)54-31-38-25-15-6-16-26-38)57-47-43(52-29-36-21-11-4-12-22-36)40(48)42(51-28-35-19-9-3-10-20-35)39(56-47)32-50-27-34-17-7-2-8-18-34/h2-26,33,39-49H,27-32H2,1H3/t33-,39+,40-,41-,42+,43-,44+,45+,46+,47+/m0/s1. The van der Waals surface area contributed by atoms with Crippen molar-refractivity contribution >= 4 is 0 Å². The smallest absolute Gasteiger partial charge is 0.187 e. The largest absolute Gasteiger partial charge is 0.387 e. The molecule has 7 rings (SSSR count). The Bertz CT molecular complexity index is 1850. The molecule has 2 fully saturated rings. The van der Waals surface area contributed by atoms with Crippen molar-refractivity contribution in [1.82, 2.24) is 0 Å². The van der Waals surface area contributed by atoms with Gasteiger partial charge >= 0.3 is 0 Å². The molecule has 10 atom stereocenters. The number of benzene rings is 5. The van der Waals surface area contributed by atoms with Gasteiger partial charge in [-0.25, -0.2) is 0 Å². The summed E-state index contributed by atoms with van der Waals surface area (Å²) >= 11 is 0. The third-order valence-corrected chi connectivity index (χ3v) is 10.2. The highest BCUT2D eigenvalue weighted by Crippen LogP contribution is 2.34. The molecule has 5 aromatic carbocycles. The Morgan fingerprint density at radius 1 is 0.439 bits per heavy atom. The number of hydrogen-bond acceptors (Lipinski definition) is 10. The van der Waals surface area contributed by atoms with E-state index in [1.807, 2.05) is 159 Å². The van der Waals surface area contributed by atoms with Crippen LogP contribution < -0.4 is 0 Å². The van der Waals surface area contributed by atoms with Crippen LogP contribution in [0.15, 0.2) is 152 Å². The Kier molecular flexibility index (Phi) is 15.0. The average Bonchev–Trinajstić information content (AvgIpc) is 3.25. The molecule has 2 aliphatic rings. The second kappa shape index (κ2) is 20.9. The van der Waals surface area contributed by atoms with Crippen LogP contribution in [0.25, 0.3) is 0 Å². The maximum Gasteiger partial charge on any atom is 0.187 e. The highest BCUT2D eigenvalue weighted by Gasteiger charge is 2.52. The summed E-state index contributed by atoms with van der Waals surface area (Å²) in [4.78, 5) is 0. The number of aliphatic hydroxyl groups excluding tert-OH is 2. The highest BCUT2D eigenvalue weighted by atomic mass is 16.7. The molecule has 10 heteroatoms. The van der Waals surface area contributed by atoms with Crippen molar-refractivity contribution in [3.05, 3.63) is 179 Å². The van der Waals surface area contributed by atoms with Crippen molar-refractivity contribution in [3.63, 3.8) is 0 Å². The van der Waals surface area contributed by atoms with Gasteiger partial charge in [-0.3, -0.25) is 0 Å². The van der Waals surface area contributed by atoms with E-state index in [1.54, 1.807) is 0 Å². The molecular formula is C47H52O10. The molecule has 2 saturated heterocycles. The van der Waals surface area contributed by atoms with Crippen LogP contribution >= 0.6 is 0 Å². The van der Waals surface area contributed by atoms with Gasteiger partial charge in [-0.1, -0.05) is 152 Å². The second-order valence-corrected chi connectivity index (χ2v) is 14.4. The van der Waals surface area contributed by atoms with Gasteiger partial charge in [0.05, 0.1) is 45.7 Å². The molecule has 0 radical (unpaired) electrons. The molecule has 10 nitrogen and oxygen atoms in total. The van der Waals surface area contributed by atoms with E-state index in [1.165, 1.54) is 0 Å². The fraction of sp³-hybridized carbons (Fsp3) is 0.362. The molecule has 2 aliphatic heterocycles. The summed E-state index contributed by atoms with van der Waals surface area (Å²) in [6.07, 6.45) is -9.48. The average molecular weight is 777 g/mol. The molecule has 0 bridgehead atoms. The molecule has 0 unspecified atom stereocenters. The Morgan fingerprint density at radius 2 is 0.825 bits per heavy atom. The van der Waals surface area contributed by atoms with Crippen LogP contribution in [0.4, 0.5) is 0 Å². The van der Waals surface area contributed by atoms with E-state index in [0.29, 0.717) is 6.61 Å². The van der Waals surface area contributed by atoms with E-state index >= 15 is 0 Å². The lowest BCUT2D eigenvalue weighted by Crippen LogP contribution is -2.65. The first-order valence-electron chi connectivity index (χ1n) is 19.6. The predicted molar refractivity (Wildman–Crippen MR) is 212 cm³/mol. The maximum absolute atomic E-state index is 12.3. The van der Waals surface area contributed by atoms with E-state index in [0.717, 1.165) is 27.8 Å². The number of ether oxygens (including phenoxy) is 8. The lowest BCUT2D eigenvalue weighted by molar-refractivity contribution is -0.367. The molecule has 0 saturated carbocycles. The minimum absolute atomic E-state index is 0.100. The monoisotopic (exact) mass is 776 g/mol. The van der Waals surface area contributed by atoms with Gasteiger partial charge in [0, 0.05) is 0 Å². The van der Waals surface area contributed by atoms with Crippen molar-refractivity contribution in [2.24, 2.45) is 0 Å². The van der Waals surface area contributed by atoms with Gasteiger partial charge in [-0.15, -0.1) is 0 Å².